The van der Waals surface area contributed by atoms with Crippen molar-refractivity contribution < 1.29 is 4.55 Å². The molecule has 27 heavy (non-hydrogen) atoms. The molecule has 0 radical (unpaired) electrons. The van der Waals surface area contributed by atoms with E-state index in [0.717, 1.165) is 52.2 Å². The number of thiophene rings is 1. The second-order valence-corrected chi connectivity index (χ2v) is 10.3. The van der Waals surface area contributed by atoms with Crippen molar-refractivity contribution >= 4 is 38.4 Å². The fourth-order valence-electron chi connectivity index (χ4n) is 3.72. The Kier molecular flexibility index (Phi) is 4.22. The van der Waals surface area contributed by atoms with Gasteiger partial charge in [0, 0.05) is 28.2 Å². The highest BCUT2D eigenvalue weighted by Gasteiger charge is 2.36. The summed E-state index contributed by atoms with van der Waals surface area (Å²) >= 11 is 0.387. The van der Waals surface area contributed by atoms with E-state index in [1.54, 1.807) is 6.20 Å². The van der Waals surface area contributed by atoms with Crippen LogP contribution >= 0.6 is 11.3 Å². The van der Waals surface area contributed by atoms with Crippen molar-refractivity contribution in [3.05, 3.63) is 34.2 Å². The van der Waals surface area contributed by atoms with Crippen LogP contribution in [0.25, 0.3) is 21.5 Å². The lowest BCUT2D eigenvalue weighted by atomic mass is 9.79. The van der Waals surface area contributed by atoms with E-state index in [2.05, 4.69) is 10.2 Å². The zero-order chi connectivity index (χ0) is 18.5. The molecule has 0 bridgehead atoms. The lowest BCUT2D eigenvalue weighted by molar-refractivity contribution is 0.422. The second-order valence-electron chi connectivity index (χ2n) is 7.39. The molecule has 0 aromatic carbocycles. The summed E-state index contributed by atoms with van der Waals surface area (Å²) < 4.78 is 13.7. The third kappa shape index (κ3) is 2.86. The van der Waals surface area contributed by atoms with Crippen molar-refractivity contribution in [2.75, 3.05) is 5.73 Å². The number of nitrogens with zero attached hydrogens (tertiary/aromatic N) is 2. The highest BCUT2D eigenvalue weighted by molar-refractivity contribution is 7.94. The van der Waals surface area contributed by atoms with E-state index < -0.39 is 11.2 Å². The number of rotatable bonds is 4. The maximum atomic E-state index is 12.9. The number of nitrogens with two attached hydrogens (primary N) is 1. The summed E-state index contributed by atoms with van der Waals surface area (Å²) in [6, 6.07) is 3.55. The Morgan fingerprint density at radius 3 is 2.63 bits per heavy atom. The second kappa shape index (κ2) is 6.61. The minimum absolute atomic E-state index is 0.226. The van der Waals surface area contributed by atoms with Crippen LogP contribution in [0, 0.1) is 0 Å². The molecule has 2 fully saturated rings. The fourth-order valence-corrected chi connectivity index (χ4v) is 6.94. The third-order valence-electron chi connectivity index (χ3n) is 5.74. The normalized spacial score (nSPS) is 19.0. The first-order valence-corrected chi connectivity index (χ1v) is 11.3. The Morgan fingerprint density at radius 2 is 2.00 bits per heavy atom. The minimum atomic E-state index is -1.06. The number of aromatic amines is 1. The van der Waals surface area contributed by atoms with Crippen LogP contribution in [0.1, 0.15) is 50.0 Å². The van der Waals surface area contributed by atoms with Gasteiger partial charge in [-0.15, -0.1) is 0 Å². The van der Waals surface area contributed by atoms with Crippen LogP contribution in [0.15, 0.2) is 27.3 Å². The summed E-state index contributed by atoms with van der Waals surface area (Å²) in [4.78, 5) is 17.3. The van der Waals surface area contributed by atoms with Crippen LogP contribution in [0.3, 0.4) is 0 Å². The van der Waals surface area contributed by atoms with Gasteiger partial charge in [-0.25, -0.2) is 10.1 Å². The van der Waals surface area contributed by atoms with Gasteiger partial charge in [0.1, 0.15) is 15.8 Å². The molecule has 0 amide bonds. The molecule has 0 aliphatic heterocycles. The minimum Gasteiger partial charge on any atom is -0.611 e. The average molecular weight is 401 g/mol. The molecule has 3 heterocycles. The van der Waals surface area contributed by atoms with Gasteiger partial charge in [-0.3, -0.25) is 4.79 Å². The summed E-state index contributed by atoms with van der Waals surface area (Å²) in [6.07, 6.45) is 8.24. The Balaban J connectivity index is 1.69. The van der Waals surface area contributed by atoms with Crippen LogP contribution in [0.2, 0.25) is 0 Å². The molecule has 3 N–H and O–H groups in total. The van der Waals surface area contributed by atoms with Crippen LogP contribution < -0.4 is 11.3 Å². The Bertz CT molecular complexity index is 1070. The highest BCUT2D eigenvalue weighted by Crippen LogP contribution is 2.48. The van der Waals surface area contributed by atoms with Gasteiger partial charge in [0.05, 0.1) is 11.9 Å². The van der Waals surface area contributed by atoms with Gasteiger partial charge in [0.25, 0.3) is 5.56 Å². The molecule has 1 atom stereocenters. The number of aromatic nitrogens is 3. The van der Waals surface area contributed by atoms with Crippen LogP contribution in [-0.4, -0.2) is 25.0 Å². The van der Waals surface area contributed by atoms with Crippen molar-refractivity contribution in [1.82, 2.24) is 15.2 Å². The van der Waals surface area contributed by atoms with Gasteiger partial charge < -0.3 is 10.3 Å². The van der Waals surface area contributed by atoms with Gasteiger partial charge in [-0.05, 0) is 49.7 Å². The van der Waals surface area contributed by atoms with E-state index in [4.69, 9.17) is 10.7 Å². The number of anilines is 1. The van der Waals surface area contributed by atoms with Gasteiger partial charge in [0.15, 0.2) is 0 Å². The first-order chi connectivity index (χ1) is 13.1. The number of hydrogen-bond donors (Lipinski definition) is 2. The van der Waals surface area contributed by atoms with Gasteiger partial charge >= 0.3 is 0 Å². The largest absolute Gasteiger partial charge is 0.611 e. The topological polar surface area (TPSA) is 108 Å². The number of H-pyrrole nitrogens is 1. The molecule has 3 aromatic heterocycles. The number of nitrogen functional groups attached to an aromatic ring is 1. The lowest BCUT2D eigenvalue weighted by Crippen LogP contribution is -2.28. The van der Waals surface area contributed by atoms with Gasteiger partial charge in [0.2, 0.25) is 4.21 Å². The Labute approximate surface area is 163 Å². The molecule has 6 nitrogen and oxygen atoms in total. The molecule has 5 rings (SSSR count). The fraction of sp³-hybridized carbons (Fsp3) is 0.421. The smallest absolute Gasteiger partial charge is 0.264 e. The zero-order valence-corrected chi connectivity index (χ0v) is 16.4. The number of fused-ring (bicyclic) bond motifs is 1. The van der Waals surface area contributed by atoms with E-state index in [9.17, 15) is 9.35 Å². The monoisotopic (exact) mass is 400 g/mol. The summed E-state index contributed by atoms with van der Waals surface area (Å²) in [5.41, 5.74) is 9.48. The van der Waals surface area contributed by atoms with E-state index in [-0.39, 0.29) is 10.8 Å². The van der Waals surface area contributed by atoms with Crippen molar-refractivity contribution in [3.8, 4) is 11.3 Å². The standard InChI is InChI=1S/C19H20N4O2S2/c20-17-16-13(10-3-1-4-10)8-14(11-7-15(24)23-21-9-11)22-18(16)26-19(17)27(25)12-5-2-6-12/h7-10,12H,1-6,20H2,(H,23,24). The predicted octanol–water partition coefficient (Wildman–Crippen LogP) is 3.56. The maximum absolute atomic E-state index is 12.9. The number of pyridine rings is 1. The predicted molar refractivity (Wildman–Crippen MR) is 109 cm³/mol. The summed E-state index contributed by atoms with van der Waals surface area (Å²) in [5.74, 6) is 0.450. The van der Waals surface area contributed by atoms with Crippen LogP contribution in [-0.2, 0) is 11.2 Å². The van der Waals surface area contributed by atoms with Gasteiger partial charge in [-0.1, -0.05) is 17.8 Å². The molecule has 2 aliphatic carbocycles. The first-order valence-electron chi connectivity index (χ1n) is 9.30. The van der Waals surface area contributed by atoms with E-state index in [1.807, 2.05) is 6.07 Å². The summed E-state index contributed by atoms with van der Waals surface area (Å²) in [6.45, 7) is 0. The molecule has 140 valence electrons. The lowest BCUT2D eigenvalue weighted by Gasteiger charge is -2.27. The molecule has 8 heteroatoms. The molecule has 0 spiro atoms. The molecular formula is C19H20N4O2S2. The van der Waals surface area contributed by atoms with Crippen LogP contribution in [0.4, 0.5) is 5.69 Å². The number of hydrogen-bond acceptors (Lipinski definition) is 6. The molecule has 2 saturated carbocycles. The van der Waals surface area contributed by atoms with E-state index >= 15 is 0 Å². The zero-order valence-electron chi connectivity index (χ0n) is 14.7. The highest BCUT2D eigenvalue weighted by atomic mass is 32.2. The third-order valence-corrected chi connectivity index (χ3v) is 9.04. The maximum Gasteiger partial charge on any atom is 0.264 e. The number of nitrogens with one attached hydrogen (secondary N) is 1. The molecule has 0 saturated heterocycles. The SMILES string of the molecule is Nc1c([S+]([O-])C2CCC2)sc2nc(-c3cn[nH]c(=O)c3)cc(C3CCC3)c12. The summed E-state index contributed by atoms with van der Waals surface area (Å²) in [5, 5.41) is 7.49. The van der Waals surface area contributed by atoms with Crippen molar-refractivity contribution in [2.45, 2.75) is 53.9 Å². The average Bonchev–Trinajstić information content (AvgIpc) is 2.89. The van der Waals surface area contributed by atoms with Crippen molar-refractivity contribution in [3.63, 3.8) is 0 Å². The van der Waals surface area contributed by atoms with Crippen LogP contribution in [0.5, 0.6) is 0 Å². The van der Waals surface area contributed by atoms with Crippen molar-refractivity contribution in [2.24, 2.45) is 0 Å². The molecule has 1 unspecified atom stereocenters. The Morgan fingerprint density at radius 1 is 1.22 bits per heavy atom. The molecule has 3 aromatic rings. The van der Waals surface area contributed by atoms with Crippen molar-refractivity contribution in [1.29, 1.82) is 0 Å². The quantitative estimate of drug-likeness (QED) is 0.651. The Hall–Kier alpha value is -1.90. The molecular weight excluding hydrogens is 380 g/mol. The summed E-state index contributed by atoms with van der Waals surface area (Å²) in [7, 11) is 0. The van der Waals surface area contributed by atoms with E-state index in [1.165, 1.54) is 29.4 Å². The van der Waals surface area contributed by atoms with E-state index in [0.29, 0.717) is 17.2 Å². The first kappa shape index (κ1) is 17.2. The van der Waals surface area contributed by atoms with Gasteiger partial charge in [-0.2, -0.15) is 5.10 Å². The molecule has 2 aliphatic rings.